The van der Waals surface area contributed by atoms with Crippen molar-refractivity contribution in [2.75, 3.05) is 4.90 Å². The van der Waals surface area contributed by atoms with Crippen LogP contribution in [0.15, 0.2) is 42.5 Å². The fraction of sp³-hybridized carbons (Fsp3) is 0.118. The zero-order valence-electron chi connectivity index (χ0n) is 12.6. The van der Waals surface area contributed by atoms with Gasteiger partial charge in [0.25, 0.3) is 11.7 Å². The molecule has 1 amide bonds. The van der Waals surface area contributed by atoms with Crippen LogP contribution in [0.5, 0.6) is 0 Å². The largest absolute Gasteiger partial charge is 0.379 e. The Morgan fingerprint density at radius 2 is 1.79 bits per heavy atom. The predicted octanol–water partition coefficient (Wildman–Crippen LogP) is 2.68. The zero-order valence-corrected chi connectivity index (χ0v) is 13.4. The molecule has 0 bridgehead atoms. The van der Waals surface area contributed by atoms with Crippen molar-refractivity contribution in [3.8, 4) is 0 Å². The molecule has 0 spiro atoms. The summed E-state index contributed by atoms with van der Waals surface area (Å²) in [7, 11) is 0. The lowest BCUT2D eigenvalue weighted by atomic mass is 10.1. The molecule has 0 saturated carbocycles. The quantitative estimate of drug-likeness (QED) is 0.508. The molecule has 5 nitrogen and oxygen atoms in total. The van der Waals surface area contributed by atoms with Gasteiger partial charge < -0.3 is 10.6 Å². The minimum atomic E-state index is -0.682. The molecule has 3 rings (SSSR count). The standard InChI is InChI=1S/C17H14FN3O2S/c18-12-5-6-14-13(7-12)15(22)16(23)21(14)8-10-1-3-11(4-2-10)9-24-17(19)20/h1-7H,8-9H2,(H3,19,20). The second-order valence-electron chi connectivity index (χ2n) is 5.35. The molecule has 0 atom stereocenters. The minimum absolute atomic E-state index is 0.0593. The minimum Gasteiger partial charge on any atom is -0.379 e. The Kier molecular flexibility index (Phi) is 4.35. The molecule has 2 aromatic carbocycles. The van der Waals surface area contributed by atoms with Gasteiger partial charge in [-0.05, 0) is 29.3 Å². The van der Waals surface area contributed by atoms with E-state index in [1.807, 2.05) is 24.3 Å². The van der Waals surface area contributed by atoms with E-state index in [4.69, 9.17) is 11.1 Å². The lowest BCUT2D eigenvalue weighted by molar-refractivity contribution is -0.114. The van der Waals surface area contributed by atoms with Crippen LogP contribution in [-0.2, 0) is 17.1 Å². The van der Waals surface area contributed by atoms with E-state index in [2.05, 4.69) is 0 Å². The van der Waals surface area contributed by atoms with Crippen molar-refractivity contribution < 1.29 is 14.0 Å². The van der Waals surface area contributed by atoms with Crippen molar-refractivity contribution in [2.45, 2.75) is 12.3 Å². The average Bonchev–Trinajstić information content (AvgIpc) is 2.79. The topological polar surface area (TPSA) is 87.2 Å². The number of halogens is 1. The van der Waals surface area contributed by atoms with E-state index in [1.54, 1.807) is 0 Å². The summed E-state index contributed by atoms with van der Waals surface area (Å²) in [4.78, 5) is 25.5. The Labute approximate surface area is 142 Å². The molecule has 2 aromatic rings. The zero-order chi connectivity index (χ0) is 17.3. The molecule has 1 heterocycles. The van der Waals surface area contributed by atoms with Crippen molar-refractivity contribution >= 4 is 34.3 Å². The number of fused-ring (bicyclic) bond motifs is 1. The van der Waals surface area contributed by atoms with E-state index >= 15 is 0 Å². The Bertz CT molecular complexity index is 836. The highest BCUT2D eigenvalue weighted by Gasteiger charge is 2.35. The first kappa shape index (κ1) is 16.2. The van der Waals surface area contributed by atoms with Crippen LogP contribution in [0, 0.1) is 11.2 Å². The molecular weight excluding hydrogens is 329 g/mol. The van der Waals surface area contributed by atoms with Crippen molar-refractivity contribution in [3.05, 3.63) is 65.0 Å². The molecule has 0 aromatic heterocycles. The van der Waals surface area contributed by atoms with Gasteiger partial charge in [0.05, 0.1) is 17.8 Å². The Hall–Kier alpha value is -2.67. The lowest BCUT2D eigenvalue weighted by Crippen LogP contribution is -2.29. The molecule has 1 aliphatic heterocycles. The number of hydrogen-bond acceptors (Lipinski definition) is 4. The van der Waals surface area contributed by atoms with Crippen molar-refractivity contribution in [3.63, 3.8) is 0 Å². The lowest BCUT2D eigenvalue weighted by Gasteiger charge is -2.16. The van der Waals surface area contributed by atoms with Crippen LogP contribution < -0.4 is 10.6 Å². The number of benzene rings is 2. The number of ketones is 1. The van der Waals surface area contributed by atoms with Gasteiger partial charge in [-0.1, -0.05) is 36.0 Å². The van der Waals surface area contributed by atoms with Gasteiger partial charge in [-0.15, -0.1) is 0 Å². The van der Waals surface area contributed by atoms with Gasteiger partial charge in [0.15, 0.2) is 5.17 Å². The first-order valence-electron chi connectivity index (χ1n) is 7.16. The summed E-state index contributed by atoms with van der Waals surface area (Å²) in [5, 5.41) is 7.26. The summed E-state index contributed by atoms with van der Waals surface area (Å²) in [6, 6.07) is 11.3. The number of amidine groups is 1. The van der Waals surface area contributed by atoms with Crippen LogP contribution in [0.25, 0.3) is 0 Å². The number of hydrogen-bond donors (Lipinski definition) is 2. The highest BCUT2D eigenvalue weighted by molar-refractivity contribution is 8.13. The molecular formula is C17H14FN3O2S. The Morgan fingerprint density at radius 3 is 2.46 bits per heavy atom. The smallest absolute Gasteiger partial charge is 0.299 e. The maximum atomic E-state index is 13.3. The maximum Gasteiger partial charge on any atom is 0.299 e. The third kappa shape index (κ3) is 3.16. The van der Waals surface area contributed by atoms with Crippen molar-refractivity contribution in [1.82, 2.24) is 0 Å². The number of carbonyl (C=O) groups excluding carboxylic acids is 2. The number of nitrogens with one attached hydrogen (secondary N) is 1. The second-order valence-corrected chi connectivity index (χ2v) is 6.37. The molecule has 0 aliphatic carbocycles. The molecule has 0 radical (unpaired) electrons. The van der Waals surface area contributed by atoms with Crippen LogP contribution >= 0.6 is 11.8 Å². The molecule has 1 aliphatic rings. The highest BCUT2D eigenvalue weighted by atomic mass is 32.2. The number of nitrogens with two attached hydrogens (primary N) is 1. The van der Waals surface area contributed by atoms with Crippen LogP contribution in [0.4, 0.5) is 10.1 Å². The number of amides is 1. The summed E-state index contributed by atoms with van der Waals surface area (Å²) in [5.74, 6) is -1.27. The second kappa shape index (κ2) is 6.45. The molecule has 122 valence electrons. The number of rotatable bonds is 4. The molecule has 0 saturated heterocycles. The van der Waals surface area contributed by atoms with E-state index in [9.17, 15) is 14.0 Å². The summed E-state index contributed by atoms with van der Waals surface area (Å²) >= 11 is 1.23. The number of Topliss-reactive ketones (excluding diaryl/α,β-unsaturated/α-hetero) is 1. The van der Waals surface area contributed by atoms with Gasteiger partial charge in [-0.2, -0.15) is 0 Å². The van der Waals surface area contributed by atoms with Crippen LogP contribution in [0.2, 0.25) is 0 Å². The normalized spacial score (nSPS) is 13.3. The van der Waals surface area contributed by atoms with E-state index in [-0.39, 0.29) is 17.3 Å². The molecule has 7 heteroatoms. The Balaban J connectivity index is 1.78. The van der Waals surface area contributed by atoms with Crippen LogP contribution in [0.3, 0.4) is 0 Å². The number of anilines is 1. The maximum absolute atomic E-state index is 13.3. The van der Waals surface area contributed by atoms with Gasteiger partial charge >= 0.3 is 0 Å². The van der Waals surface area contributed by atoms with Gasteiger partial charge in [-0.25, -0.2) is 4.39 Å². The van der Waals surface area contributed by atoms with E-state index in [1.165, 1.54) is 28.8 Å². The summed E-state index contributed by atoms with van der Waals surface area (Å²) < 4.78 is 13.3. The van der Waals surface area contributed by atoms with Crippen molar-refractivity contribution in [2.24, 2.45) is 5.73 Å². The first-order chi connectivity index (χ1) is 11.5. The van der Waals surface area contributed by atoms with Gasteiger partial charge in [0.1, 0.15) is 5.82 Å². The number of thioether (sulfide) groups is 1. The monoisotopic (exact) mass is 343 g/mol. The summed E-state index contributed by atoms with van der Waals surface area (Å²) in [6.07, 6.45) is 0. The molecule has 24 heavy (non-hydrogen) atoms. The third-order valence-corrected chi connectivity index (χ3v) is 4.48. The highest BCUT2D eigenvalue weighted by Crippen LogP contribution is 2.30. The number of nitrogens with zero attached hydrogens (tertiary/aromatic N) is 1. The first-order valence-corrected chi connectivity index (χ1v) is 8.14. The van der Waals surface area contributed by atoms with E-state index < -0.39 is 17.5 Å². The van der Waals surface area contributed by atoms with Gasteiger partial charge in [0.2, 0.25) is 0 Å². The molecule has 0 unspecified atom stereocenters. The van der Waals surface area contributed by atoms with Gasteiger partial charge in [0, 0.05) is 5.75 Å². The third-order valence-electron chi connectivity index (χ3n) is 3.69. The predicted molar refractivity (Wildman–Crippen MR) is 91.6 cm³/mol. The summed E-state index contributed by atoms with van der Waals surface area (Å²) in [5.41, 5.74) is 7.70. The van der Waals surface area contributed by atoms with E-state index in [0.29, 0.717) is 11.4 Å². The van der Waals surface area contributed by atoms with Gasteiger partial charge in [-0.3, -0.25) is 15.0 Å². The summed E-state index contributed by atoms with van der Waals surface area (Å²) in [6.45, 7) is 0.239. The van der Waals surface area contributed by atoms with Crippen LogP contribution in [-0.4, -0.2) is 16.9 Å². The Morgan fingerprint density at radius 1 is 1.12 bits per heavy atom. The SMILES string of the molecule is N=C(N)SCc1ccc(CN2C(=O)C(=O)c3cc(F)ccc32)cc1. The van der Waals surface area contributed by atoms with Crippen LogP contribution in [0.1, 0.15) is 21.5 Å². The molecule has 0 fully saturated rings. The fourth-order valence-electron chi connectivity index (χ4n) is 2.51. The fourth-order valence-corrected chi connectivity index (χ4v) is 3.03. The average molecular weight is 343 g/mol. The molecule has 3 N–H and O–H groups in total. The van der Waals surface area contributed by atoms with E-state index in [0.717, 1.165) is 17.2 Å². The number of carbonyl (C=O) groups is 2. The van der Waals surface area contributed by atoms with Crippen molar-refractivity contribution in [1.29, 1.82) is 5.41 Å².